The Balaban J connectivity index is 1.54. The number of hydrogen-bond acceptors (Lipinski definition) is 5. The molecule has 0 aliphatic carbocycles. The maximum Gasteiger partial charge on any atom is 0.137 e. The summed E-state index contributed by atoms with van der Waals surface area (Å²) in [6.07, 6.45) is 2.71. The number of rotatable bonds is 8. The Morgan fingerprint density at radius 2 is 1.85 bits per heavy atom. The highest BCUT2D eigenvalue weighted by molar-refractivity contribution is 5.43. The number of aromatic nitrogens is 2. The molecule has 3 aromatic rings. The van der Waals surface area contributed by atoms with E-state index in [0.29, 0.717) is 6.61 Å². The SMILES string of the molecule is Cc1cc(CNCCc2c(C)noc2C)cc(C)c1OCc1ccccn1. The standard InChI is InChI=1S/C22H27N3O2/c1-15-11-19(13-23-10-8-21-17(3)25-27-18(21)4)12-16(2)22(15)26-14-20-7-5-6-9-24-20/h5-7,9,11-12,23H,8,10,13-14H2,1-4H3. The summed E-state index contributed by atoms with van der Waals surface area (Å²) < 4.78 is 11.2. The monoisotopic (exact) mass is 365 g/mol. The second-order valence-electron chi connectivity index (χ2n) is 6.90. The van der Waals surface area contributed by atoms with Gasteiger partial charge in [0.1, 0.15) is 18.1 Å². The van der Waals surface area contributed by atoms with Crippen molar-refractivity contribution >= 4 is 0 Å². The van der Waals surface area contributed by atoms with E-state index in [1.165, 1.54) is 11.1 Å². The fourth-order valence-electron chi connectivity index (χ4n) is 3.30. The van der Waals surface area contributed by atoms with Crippen LogP contribution in [0.4, 0.5) is 0 Å². The molecule has 0 saturated carbocycles. The van der Waals surface area contributed by atoms with Crippen LogP contribution < -0.4 is 10.1 Å². The lowest BCUT2D eigenvalue weighted by atomic mass is 10.1. The number of aryl methyl sites for hydroxylation is 4. The molecule has 3 rings (SSSR count). The van der Waals surface area contributed by atoms with Crippen LogP contribution in [0.5, 0.6) is 5.75 Å². The molecular formula is C22H27N3O2. The molecule has 0 aliphatic heterocycles. The molecule has 142 valence electrons. The summed E-state index contributed by atoms with van der Waals surface area (Å²) in [5, 5.41) is 7.51. The highest BCUT2D eigenvalue weighted by Crippen LogP contribution is 2.25. The maximum atomic E-state index is 6.01. The largest absolute Gasteiger partial charge is 0.487 e. The van der Waals surface area contributed by atoms with Crippen molar-refractivity contribution in [3.05, 3.63) is 75.9 Å². The van der Waals surface area contributed by atoms with Gasteiger partial charge in [0.15, 0.2) is 0 Å². The molecule has 0 bridgehead atoms. The first kappa shape index (κ1) is 19.1. The van der Waals surface area contributed by atoms with Gasteiger partial charge in [-0.3, -0.25) is 4.98 Å². The second-order valence-corrected chi connectivity index (χ2v) is 6.90. The van der Waals surface area contributed by atoms with Crippen molar-refractivity contribution in [1.29, 1.82) is 0 Å². The molecule has 5 heteroatoms. The van der Waals surface area contributed by atoms with Crippen molar-refractivity contribution in [3.63, 3.8) is 0 Å². The van der Waals surface area contributed by atoms with Gasteiger partial charge < -0.3 is 14.6 Å². The molecule has 0 amide bonds. The van der Waals surface area contributed by atoms with Crippen LogP contribution in [-0.4, -0.2) is 16.7 Å². The first-order valence-electron chi connectivity index (χ1n) is 9.30. The molecule has 5 nitrogen and oxygen atoms in total. The highest BCUT2D eigenvalue weighted by Gasteiger charge is 2.09. The molecular weight excluding hydrogens is 338 g/mol. The summed E-state index contributed by atoms with van der Waals surface area (Å²) in [5.74, 6) is 1.86. The molecule has 0 aliphatic rings. The van der Waals surface area contributed by atoms with Crippen LogP contribution in [0.2, 0.25) is 0 Å². The Morgan fingerprint density at radius 1 is 1.07 bits per heavy atom. The average molecular weight is 365 g/mol. The van der Waals surface area contributed by atoms with E-state index in [2.05, 4.69) is 41.4 Å². The minimum absolute atomic E-state index is 0.484. The van der Waals surface area contributed by atoms with E-state index in [4.69, 9.17) is 9.26 Å². The number of benzene rings is 1. The van der Waals surface area contributed by atoms with Crippen LogP contribution >= 0.6 is 0 Å². The van der Waals surface area contributed by atoms with Crippen molar-refractivity contribution in [2.45, 2.75) is 47.3 Å². The van der Waals surface area contributed by atoms with Gasteiger partial charge in [-0.15, -0.1) is 0 Å². The fourth-order valence-corrected chi connectivity index (χ4v) is 3.30. The smallest absolute Gasteiger partial charge is 0.137 e. The first-order valence-corrected chi connectivity index (χ1v) is 9.30. The van der Waals surface area contributed by atoms with Gasteiger partial charge in [0.2, 0.25) is 0 Å². The van der Waals surface area contributed by atoms with Crippen molar-refractivity contribution in [2.24, 2.45) is 0 Å². The van der Waals surface area contributed by atoms with E-state index in [-0.39, 0.29) is 0 Å². The molecule has 1 N–H and O–H groups in total. The quantitative estimate of drug-likeness (QED) is 0.606. The molecule has 0 atom stereocenters. The van der Waals surface area contributed by atoms with Gasteiger partial charge in [0.25, 0.3) is 0 Å². The molecule has 0 saturated heterocycles. The molecule has 27 heavy (non-hydrogen) atoms. The van der Waals surface area contributed by atoms with Crippen molar-refractivity contribution in [1.82, 2.24) is 15.5 Å². The van der Waals surface area contributed by atoms with Gasteiger partial charge in [0, 0.05) is 18.3 Å². The molecule has 2 heterocycles. The van der Waals surface area contributed by atoms with E-state index in [1.807, 2.05) is 32.0 Å². The van der Waals surface area contributed by atoms with Gasteiger partial charge in [-0.2, -0.15) is 0 Å². The third-order valence-electron chi connectivity index (χ3n) is 4.67. The Hall–Kier alpha value is -2.66. The lowest BCUT2D eigenvalue weighted by Gasteiger charge is -2.14. The molecule has 0 unspecified atom stereocenters. The molecule has 0 spiro atoms. The Morgan fingerprint density at radius 3 is 2.48 bits per heavy atom. The zero-order valence-electron chi connectivity index (χ0n) is 16.5. The van der Waals surface area contributed by atoms with Crippen LogP contribution in [0.15, 0.2) is 41.1 Å². The van der Waals surface area contributed by atoms with E-state index >= 15 is 0 Å². The third kappa shape index (κ3) is 4.95. The van der Waals surface area contributed by atoms with Crippen molar-refractivity contribution in [3.8, 4) is 5.75 Å². The minimum atomic E-state index is 0.484. The maximum absolute atomic E-state index is 6.01. The van der Waals surface area contributed by atoms with E-state index in [0.717, 1.165) is 53.5 Å². The summed E-state index contributed by atoms with van der Waals surface area (Å²) in [5.41, 5.74) is 6.67. The normalized spacial score (nSPS) is 11.0. The minimum Gasteiger partial charge on any atom is -0.487 e. The van der Waals surface area contributed by atoms with E-state index in [9.17, 15) is 0 Å². The summed E-state index contributed by atoms with van der Waals surface area (Å²) in [7, 11) is 0. The molecule has 0 fully saturated rings. The van der Waals surface area contributed by atoms with Crippen LogP contribution in [0.25, 0.3) is 0 Å². The number of ether oxygens (including phenoxy) is 1. The highest BCUT2D eigenvalue weighted by atomic mass is 16.5. The van der Waals surface area contributed by atoms with Gasteiger partial charge >= 0.3 is 0 Å². The fraction of sp³-hybridized carbons (Fsp3) is 0.364. The van der Waals surface area contributed by atoms with Gasteiger partial charge in [-0.1, -0.05) is 23.4 Å². The molecule has 0 radical (unpaired) electrons. The van der Waals surface area contributed by atoms with Crippen molar-refractivity contribution < 1.29 is 9.26 Å². The van der Waals surface area contributed by atoms with Gasteiger partial charge in [-0.25, -0.2) is 0 Å². The summed E-state index contributed by atoms with van der Waals surface area (Å²) in [4.78, 5) is 4.31. The van der Waals surface area contributed by atoms with Crippen molar-refractivity contribution in [2.75, 3.05) is 6.54 Å². The number of nitrogens with one attached hydrogen (secondary N) is 1. The topological polar surface area (TPSA) is 60.2 Å². The average Bonchev–Trinajstić information content (AvgIpc) is 2.97. The van der Waals surface area contributed by atoms with Crippen LogP contribution in [0.3, 0.4) is 0 Å². The third-order valence-corrected chi connectivity index (χ3v) is 4.67. The second kappa shape index (κ2) is 8.82. The van der Waals surface area contributed by atoms with Crippen LogP contribution in [0.1, 0.15) is 39.4 Å². The van der Waals surface area contributed by atoms with E-state index in [1.54, 1.807) is 6.20 Å². The van der Waals surface area contributed by atoms with Gasteiger partial charge in [-0.05, 0) is 69.5 Å². The summed E-state index contributed by atoms with van der Waals surface area (Å²) >= 11 is 0. The number of hydrogen-bond donors (Lipinski definition) is 1. The zero-order valence-corrected chi connectivity index (χ0v) is 16.5. The molecule has 2 aromatic heterocycles. The number of pyridine rings is 1. The predicted octanol–water partition coefficient (Wildman–Crippen LogP) is 4.21. The van der Waals surface area contributed by atoms with Gasteiger partial charge in [0.05, 0.1) is 11.4 Å². The Kier molecular flexibility index (Phi) is 6.24. The van der Waals surface area contributed by atoms with Crippen LogP contribution in [-0.2, 0) is 19.6 Å². The Labute approximate surface area is 160 Å². The lowest BCUT2D eigenvalue weighted by Crippen LogP contribution is -2.17. The molecule has 1 aromatic carbocycles. The summed E-state index contributed by atoms with van der Waals surface area (Å²) in [6, 6.07) is 10.2. The Bertz CT molecular complexity index is 845. The van der Waals surface area contributed by atoms with E-state index < -0.39 is 0 Å². The number of nitrogens with zero attached hydrogens (tertiary/aromatic N) is 2. The van der Waals surface area contributed by atoms with Crippen LogP contribution in [0, 0.1) is 27.7 Å². The first-order chi connectivity index (χ1) is 13.0. The zero-order chi connectivity index (χ0) is 19.2. The summed E-state index contributed by atoms with van der Waals surface area (Å²) in [6.45, 7) is 10.3. The lowest BCUT2D eigenvalue weighted by molar-refractivity contribution is 0.297. The predicted molar refractivity (Wildman–Crippen MR) is 106 cm³/mol.